The van der Waals surface area contributed by atoms with Crippen molar-refractivity contribution in [3.63, 3.8) is 0 Å². The number of nitrogens with one attached hydrogen (secondary N) is 1. The van der Waals surface area contributed by atoms with Crippen LogP contribution in [0.3, 0.4) is 0 Å². The van der Waals surface area contributed by atoms with E-state index in [9.17, 15) is 9.18 Å². The first-order valence-corrected chi connectivity index (χ1v) is 6.83. The zero-order chi connectivity index (χ0) is 15.6. The minimum absolute atomic E-state index is 0.153. The maximum absolute atomic E-state index is 13.6. The summed E-state index contributed by atoms with van der Waals surface area (Å²) in [5.74, 6) is -0.794. The van der Waals surface area contributed by atoms with Crippen molar-refractivity contribution < 1.29 is 9.18 Å². The van der Waals surface area contributed by atoms with Crippen LogP contribution in [0.25, 0.3) is 0 Å². The van der Waals surface area contributed by atoms with Crippen LogP contribution in [0, 0.1) is 12.7 Å². The number of aryl methyl sites for hydroxylation is 1. The Morgan fingerprint density at radius 1 is 1.24 bits per heavy atom. The number of nitrogens with zero attached hydrogens (tertiary/aromatic N) is 1. The topological polar surface area (TPSA) is 32.3 Å². The van der Waals surface area contributed by atoms with E-state index in [0.29, 0.717) is 11.3 Å². The van der Waals surface area contributed by atoms with E-state index in [1.807, 2.05) is 31.3 Å². The van der Waals surface area contributed by atoms with Gasteiger partial charge in [-0.2, -0.15) is 0 Å². The molecule has 110 valence electrons. The van der Waals surface area contributed by atoms with E-state index >= 15 is 0 Å². The third-order valence-corrected chi connectivity index (χ3v) is 3.64. The number of hydrogen-bond acceptors (Lipinski definition) is 2. The lowest BCUT2D eigenvalue weighted by molar-refractivity contribution is 0.0992. The van der Waals surface area contributed by atoms with Crippen LogP contribution in [0.2, 0.25) is 5.02 Å². The zero-order valence-electron chi connectivity index (χ0n) is 12.1. The number of hydrogen-bond donors (Lipinski definition) is 1. The predicted molar refractivity (Wildman–Crippen MR) is 84.9 cm³/mol. The van der Waals surface area contributed by atoms with Gasteiger partial charge in [-0.1, -0.05) is 11.6 Å². The first kappa shape index (κ1) is 15.3. The number of halogens is 2. The molecule has 0 heterocycles. The van der Waals surface area contributed by atoms with Crippen molar-refractivity contribution in [2.45, 2.75) is 6.92 Å². The minimum atomic E-state index is -0.443. The van der Waals surface area contributed by atoms with Crippen LogP contribution in [0.15, 0.2) is 36.4 Å². The molecule has 0 bridgehead atoms. The van der Waals surface area contributed by atoms with E-state index in [-0.39, 0.29) is 16.5 Å². The Bertz CT molecular complexity index is 671. The first-order valence-electron chi connectivity index (χ1n) is 6.45. The molecule has 0 aliphatic rings. The number of benzene rings is 2. The molecule has 0 saturated heterocycles. The lowest BCUT2D eigenvalue weighted by Crippen LogP contribution is -2.26. The summed E-state index contributed by atoms with van der Waals surface area (Å²) in [6.07, 6.45) is 0. The Balaban J connectivity index is 2.32. The normalized spacial score (nSPS) is 10.3. The number of anilines is 2. The zero-order valence-corrected chi connectivity index (χ0v) is 12.8. The van der Waals surface area contributed by atoms with Crippen molar-refractivity contribution in [1.82, 2.24) is 0 Å². The SMILES string of the molecule is CNc1ccc(N(C)C(=O)c2cc(F)c(C)cc2Cl)cc1. The molecule has 0 radical (unpaired) electrons. The van der Waals surface area contributed by atoms with Crippen LogP contribution in [0.4, 0.5) is 15.8 Å². The lowest BCUT2D eigenvalue weighted by Gasteiger charge is -2.19. The van der Waals surface area contributed by atoms with Crippen LogP contribution in [0.5, 0.6) is 0 Å². The van der Waals surface area contributed by atoms with Gasteiger partial charge in [-0.05, 0) is 48.9 Å². The lowest BCUT2D eigenvalue weighted by atomic mass is 10.1. The molecule has 0 aliphatic heterocycles. The fourth-order valence-electron chi connectivity index (χ4n) is 1.96. The Kier molecular flexibility index (Phi) is 4.48. The Morgan fingerprint density at radius 3 is 2.43 bits per heavy atom. The summed E-state index contributed by atoms with van der Waals surface area (Å²) in [4.78, 5) is 13.9. The van der Waals surface area contributed by atoms with E-state index in [2.05, 4.69) is 5.32 Å². The van der Waals surface area contributed by atoms with E-state index in [0.717, 1.165) is 5.69 Å². The summed E-state index contributed by atoms with van der Waals surface area (Å²) in [5.41, 5.74) is 2.22. The first-order chi connectivity index (χ1) is 9.93. The van der Waals surface area contributed by atoms with Crippen molar-refractivity contribution in [1.29, 1.82) is 0 Å². The molecule has 0 saturated carbocycles. The summed E-state index contributed by atoms with van der Waals surface area (Å²) in [6.45, 7) is 1.61. The van der Waals surface area contributed by atoms with Crippen LogP contribution in [-0.2, 0) is 0 Å². The fraction of sp³-hybridized carbons (Fsp3) is 0.188. The molecule has 0 aromatic heterocycles. The number of carbonyl (C=O) groups excluding carboxylic acids is 1. The van der Waals surface area contributed by atoms with Gasteiger partial charge in [-0.3, -0.25) is 4.79 Å². The van der Waals surface area contributed by atoms with Crippen molar-refractivity contribution in [3.8, 4) is 0 Å². The fourth-order valence-corrected chi connectivity index (χ4v) is 2.26. The summed E-state index contributed by atoms with van der Waals surface area (Å²) < 4.78 is 13.6. The average molecular weight is 307 g/mol. The second-order valence-electron chi connectivity index (χ2n) is 4.74. The molecule has 0 fully saturated rings. The van der Waals surface area contributed by atoms with Gasteiger partial charge >= 0.3 is 0 Å². The largest absolute Gasteiger partial charge is 0.388 e. The molecule has 0 atom stereocenters. The highest BCUT2D eigenvalue weighted by Crippen LogP contribution is 2.24. The van der Waals surface area contributed by atoms with E-state index < -0.39 is 5.82 Å². The highest BCUT2D eigenvalue weighted by Gasteiger charge is 2.18. The van der Waals surface area contributed by atoms with Gasteiger partial charge in [0.2, 0.25) is 0 Å². The molecule has 0 unspecified atom stereocenters. The highest BCUT2D eigenvalue weighted by molar-refractivity contribution is 6.34. The van der Waals surface area contributed by atoms with Gasteiger partial charge in [0.1, 0.15) is 5.82 Å². The molecule has 0 aliphatic carbocycles. The molecule has 3 nitrogen and oxygen atoms in total. The molecule has 1 N–H and O–H groups in total. The Labute approximate surface area is 128 Å². The number of amides is 1. The molecule has 2 aromatic rings. The Morgan fingerprint density at radius 2 is 1.86 bits per heavy atom. The second-order valence-corrected chi connectivity index (χ2v) is 5.15. The predicted octanol–water partition coefficient (Wildman–Crippen LogP) is 4.11. The van der Waals surface area contributed by atoms with Gasteiger partial charge in [-0.15, -0.1) is 0 Å². The van der Waals surface area contributed by atoms with Crippen molar-refractivity contribution >= 4 is 28.9 Å². The maximum Gasteiger partial charge on any atom is 0.259 e. The molecule has 1 amide bonds. The van der Waals surface area contributed by atoms with E-state index in [1.165, 1.54) is 17.0 Å². The summed E-state index contributed by atoms with van der Waals surface area (Å²) in [5, 5.41) is 3.25. The van der Waals surface area contributed by atoms with Crippen LogP contribution >= 0.6 is 11.6 Å². The number of carbonyl (C=O) groups is 1. The van der Waals surface area contributed by atoms with Crippen molar-refractivity contribution in [2.24, 2.45) is 0 Å². The van der Waals surface area contributed by atoms with Gasteiger partial charge < -0.3 is 10.2 Å². The third-order valence-electron chi connectivity index (χ3n) is 3.33. The van der Waals surface area contributed by atoms with Gasteiger partial charge in [0.25, 0.3) is 5.91 Å². The van der Waals surface area contributed by atoms with Crippen molar-refractivity contribution in [3.05, 3.63) is 58.4 Å². The molecule has 21 heavy (non-hydrogen) atoms. The number of rotatable bonds is 3. The van der Waals surface area contributed by atoms with Gasteiger partial charge in [0, 0.05) is 25.5 Å². The smallest absolute Gasteiger partial charge is 0.259 e. The minimum Gasteiger partial charge on any atom is -0.388 e. The highest BCUT2D eigenvalue weighted by atomic mass is 35.5. The summed E-state index contributed by atoms with van der Waals surface area (Å²) in [7, 11) is 3.45. The van der Waals surface area contributed by atoms with E-state index in [1.54, 1.807) is 14.0 Å². The monoisotopic (exact) mass is 306 g/mol. The van der Waals surface area contributed by atoms with E-state index in [4.69, 9.17) is 11.6 Å². The van der Waals surface area contributed by atoms with Gasteiger partial charge in [0.15, 0.2) is 0 Å². The van der Waals surface area contributed by atoms with Crippen LogP contribution < -0.4 is 10.2 Å². The Hall–Kier alpha value is -2.07. The molecular formula is C16H16ClFN2O. The maximum atomic E-state index is 13.6. The molecule has 5 heteroatoms. The third kappa shape index (κ3) is 3.16. The molecule has 0 spiro atoms. The van der Waals surface area contributed by atoms with Crippen LogP contribution in [-0.4, -0.2) is 20.0 Å². The average Bonchev–Trinajstić information content (AvgIpc) is 2.49. The summed E-state index contributed by atoms with van der Waals surface area (Å²) >= 11 is 6.05. The molecule has 2 rings (SSSR count). The molecular weight excluding hydrogens is 291 g/mol. The van der Waals surface area contributed by atoms with Crippen molar-refractivity contribution in [2.75, 3.05) is 24.3 Å². The van der Waals surface area contributed by atoms with Gasteiger partial charge in [-0.25, -0.2) is 4.39 Å². The molecule has 2 aromatic carbocycles. The quantitative estimate of drug-likeness (QED) is 0.925. The second kappa shape index (κ2) is 6.14. The summed E-state index contributed by atoms with van der Waals surface area (Å²) in [6, 6.07) is 9.97. The van der Waals surface area contributed by atoms with Crippen LogP contribution in [0.1, 0.15) is 15.9 Å². The standard InChI is InChI=1S/C16H16ClFN2O/c1-10-8-14(17)13(9-15(10)18)16(21)20(3)12-6-4-11(19-2)5-7-12/h4-9,19H,1-3H3. The van der Waals surface area contributed by atoms with Gasteiger partial charge in [0.05, 0.1) is 10.6 Å².